The Balaban J connectivity index is 1.78. The molecule has 0 radical (unpaired) electrons. The number of halogens is 2. The zero-order chi connectivity index (χ0) is 14.4. The molecule has 0 saturated carbocycles. The van der Waals surface area contributed by atoms with E-state index in [1.807, 2.05) is 0 Å². The second-order valence-corrected chi connectivity index (χ2v) is 5.14. The van der Waals surface area contributed by atoms with Crippen molar-refractivity contribution < 1.29 is 13.6 Å². The van der Waals surface area contributed by atoms with Gasteiger partial charge in [0.25, 0.3) is 0 Å². The van der Waals surface area contributed by atoms with Crippen molar-refractivity contribution in [2.24, 2.45) is 0 Å². The van der Waals surface area contributed by atoms with Gasteiger partial charge >= 0.3 is 0 Å². The van der Waals surface area contributed by atoms with E-state index in [0.717, 1.165) is 17.3 Å². The van der Waals surface area contributed by atoms with Gasteiger partial charge in [0.1, 0.15) is 11.6 Å². The molecule has 104 valence electrons. The number of rotatable bonds is 5. The number of nitrogens with one attached hydrogen (secondary N) is 1. The number of hydrogen-bond acceptors (Lipinski definition) is 2. The summed E-state index contributed by atoms with van der Waals surface area (Å²) >= 11 is 1.15. The van der Waals surface area contributed by atoms with Gasteiger partial charge in [-0.2, -0.15) is 0 Å². The van der Waals surface area contributed by atoms with E-state index in [2.05, 4.69) is 5.32 Å². The summed E-state index contributed by atoms with van der Waals surface area (Å²) in [5.74, 6) is -0.691. The molecule has 20 heavy (non-hydrogen) atoms. The van der Waals surface area contributed by atoms with Crippen LogP contribution in [0, 0.1) is 11.6 Å². The van der Waals surface area contributed by atoms with Gasteiger partial charge < -0.3 is 5.32 Å². The van der Waals surface area contributed by atoms with Crippen LogP contribution in [0.2, 0.25) is 0 Å². The third kappa shape index (κ3) is 4.35. The molecule has 1 N–H and O–H groups in total. The molecular weight excluding hydrogens is 280 g/mol. The summed E-state index contributed by atoms with van der Waals surface area (Å²) in [4.78, 5) is 12.1. The van der Waals surface area contributed by atoms with E-state index in [4.69, 9.17) is 0 Å². The quantitative estimate of drug-likeness (QED) is 0.856. The second-order valence-electron chi connectivity index (χ2n) is 4.12. The first-order chi connectivity index (χ1) is 9.65. The highest BCUT2D eigenvalue weighted by atomic mass is 32.2. The van der Waals surface area contributed by atoms with Crippen LogP contribution in [0.1, 0.15) is 5.56 Å². The Kier molecular flexibility index (Phi) is 5.12. The first-order valence-corrected chi connectivity index (χ1v) is 7.02. The SMILES string of the molecule is O=C(CSc1ccccc1F)NCc1ccc(F)cc1. The Morgan fingerprint density at radius 1 is 1.05 bits per heavy atom. The molecule has 0 spiro atoms. The highest BCUT2D eigenvalue weighted by Crippen LogP contribution is 2.20. The standard InChI is InChI=1S/C15H13F2NOS/c16-12-7-5-11(6-8-12)9-18-15(19)10-20-14-4-2-1-3-13(14)17/h1-8H,9-10H2,(H,18,19). The molecule has 2 rings (SSSR count). The normalized spacial score (nSPS) is 10.3. The maximum Gasteiger partial charge on any atom is 0.230 e. The third-order valence-corrected chi connectivity index (χ3v) is 3.65. The van der Waals surface area contributed by atoms with Gasteiger partial charge in [-0.25, -0.2) is 8.78 Å². The molecule has 2 aromatic carbocycles. The van der Waals surface area contributed by atoms with Crippen molar-refractivity contribution in [3.05, 3.63) is 65.7 Å². The molecule has 0 aliphatic carbocycles. The van der Waals surface area contributed by atoms with Gasteiger partial charge in [-0.1, -0.05) is 24.3 Å². The molecule has 0 bridgehead atoms. The molecule has 1 amide bonds. The molecule has 0 aliphatic heterocycles. The lowest BCUT2D eigenvalue weighted by atomic mass is 10.2. The zero-order valence-corrected chi connectivity index (χ0v) is 11.4. The van der Waals surface area contributed by atoms with E-state index >= 15 is 0 Å². The minimum Gasteiger partial charge on any atom is -0.351 e. The summed E-state index contributed by atoms with van der Waals surface area (Å²) in [7, 11) is 0. The number of hydrogen-bond donors (Lipinski definition) is 1. The largest absolute Gasteiger partial charge is 0.351 e. The Bertz CT molecular complexity index is 587. The smallest absolute Gasteiger partial charge is 0.230 e. The average Bonchev–Trinajstić information content (AvgIpc) is 2.46. The van der Waals surface area contributed by atoms with Crippen molar-refractivity contribution in [3.8, 4) is 0 Å². The Hall–Kier alpha value is -1.88. The number of benzene rings is 2. The summed E-state index contributed by atoms with van der Waals surface area (Å²) in [6.07, 6.45) is 0. The van der Waals surface area contributed by atoms with Gasteiger partial charge in [0.15, 0.2) is 0 Å². The molecule has 0 aromatic heterocycles. The fourth-order valence-corrected chi connectivity index (χ4v) is 2.33. The van der Waals surface area contributed by atoms with Crippen LogP contribution in [0.5, 0.6) is 0 Å². The number of amides is 1. The topological polar surface area (TPSA) is 29.1 Å². The van der Waals surface area contributed by atoms with Crippen molar-refractivity contribution in [1.82, 2.24) is 5.32 Å². The Morgan fingerprint density at radius 2 is 1.75 bits per heavy atom. The van der Waals surface area contributed by atoms with E-state index in [1.165, 1.54) is 18.2 Å². The molecule has 0 saturated heterocycles. The second kappa shape index (κ2) is 7.05. The molecule has 2 aromatic rings. The first-order valence-electron chi connectivity index (χ1n) is 6.03. The van der Waals surface area contributed by atoms with Crippen LogP contribution in [0.4, 0.5) is 8.78 Å². The van der Waals surface area contributed by atoms with Crippen LogP contribution in [0.15, 0.2) is 53.4 Å². The molecule has 0 fully saturated rings. The molecule has 0 atom stereocenters. The summed E-state index contributed by atoms with van der Waals surface area (Å²) < 4.78 is 26.0. The maximum absolute atomic E-state index is 13.3. The minimum atomic E-state index is -0.330. The molecule has 0 aliphatic rings. The van der Waals surface area contributed by atoms with E-state index in [9.17, 15) is 13.6 Å². The van der Waals surface area contributed by atoms with Crippen LogP contribution < -0.4 is 5.32 Å². The predicted molar refractivity (Wildman–Crippen MR) is 75.4 cm³/mol. The average molecular weight is 293 g/mol. The van der Waals surface area contributed by atoms with Gasteiger partial charge in [-0.3, -0.25) is 4.79 Å². The third-order valence-electron chi connectivity index (χ3n) is 2.60. The minimum absolute atomic E-state index is 0.141. The summed E-state index contributed by atoms with van der Waals surface area (Å²) in [6, 6.07) is 12.2. The molecule has 0 heterocycles. The predicted octanol–water partition coefficient (Wildman–Crippen LogP) is 3.37. The molecule has 5 heteroatoms. The lowest BCUT2D eigenvalue weighted by Gasteiger charge is -2.06. The summed E-state index contributed by atoms with van der Waals surface area (Å²) in [6.45, 7) is 0.330. The van der Waals surface area contributed by atoms with Crippen LogP contribution in [0.3, 0.4) is 0 Å². The van der Waals surface area contributed by atoms with Crippen molar-refractivity contribution in [2.75, 3.05) is 5.75 Å². The van der Waals surface area contributed by atoms with Crippen molar-refractivity contribution in [1.29, 1.82) is 0 Å². The molecule has 0 unspecified atom stereocenters. The van der Waals surface area contributed by atoms with Crippen molar-refractivity contribution in [3.63, 3.8) is 0 Å². The molecule has 2 nitrogen and oxygen atoms in total. The zero-order valence-electron chi connectivity index (χ0n) is 10.6. The van der Waals surface area contributed by atoms with Gasteiger partial charge in [-0.15, -0.1) is 11.8 Å². The van der Waals surface area contributed by atoms with Crippen LogP contribution >= 0.6 is 11.8 Å². The van der Waals surface area contributed by atoms with Gasteiger partial charge in [0.2, 0.25) is 5.91 Å². The lowest BCUT2D eigenvalue weighted by molar-refractivity contribution is -0.118. The fourth-order valence-electron chi connectivity index (χ4n) is 1.56. The van der Waals surface area contributed by atoms with E-state index in [0.29, 0.717) is 11.4 Å². The van der Waals surface area contributed by atoms with E-state index < -0.39 is 0 Å². The summed E-state index contributed by atoms with van der Waals surface area (Å²) in [5, 5.41) is 2.70. The summed E-state index contributed by atoms with van der Waals surface area (Å²) in [5.41, 5.74) is 0.815. The van der Waals surface area contributed by atoms with E-state index in [1.54, 1.807) is 30.3 Å². The Labute approximate surface area is 120 Å². The van der Waals surface area contributed by atoms with Crippen molar-refractivity contribution >= 4 is 17.7 Å². The van der Waals surface area contributed by atoms with Crippen LogP contribution in [0.25, 0.3) is 0 Å². The number of carbonyl (C=O) groups excluding carboxylic acids is 1. The van der Waals surface area contributed by atoms with Crippen LogP contribution in [-0.4, -0.2) is 11.7 Å². The lowest BCUT2D eigenvalue weighted by Crippen LogP contribution is -2.24. The number of carbonyl (C=O) groups is 1. The Morgan fingerprint density at radius 3 is 2.45 bits per heavy atom. The highest BCUT2D eigenvalue weighted by molar-refractivity contribution is 8.00. The fraction of sp³-hybridized carbons (Fsp3) is 0.133. The van der Waals surface area contributed by atoms with Gasteiger partial charge in [-0.05, 0) is 29.8 Å². The van der Waals surface area contributed by atoms with Crippen molar-refractivity contribution in [2.45, 2.75) is 11.4 Å². The van der Waals surface area contributed by atoms with Gasteiger partial charge in [0.05, 0.1) is 5.75 Å². The highest BCUT2D eigenvalue weighted by Gasteiger charge is 2.06. The maximum atomic E-state index is 13.3. The molecular formula is C15H13F2NOS. The first kappa shape index (κ1) is 14.5. The monoisotopic (exact) mass is 293 g/mol. The van der Waals surface area contributed by atoms with Crippen LogP contribution in [-0.2, 0) is 11.3 Å². The van der Waals surface area contributed by atoms with E-state index in [-0.39, 0.29) is 23.3 Å². The van der Waals surface area contributed by atoms with Gasteiger partial charge in [0, 0.05) is 11.4 Å². The number of thioether (sulfide) groups is 1.